The Bertz CT molecular complexity index is 398. The van der Waals surface area contributed by atoms with Crippen LogP contribution in [0, 0.1) is 0 Å². The fourth-order valence-corrected chi connectivity index (χ4v) is 1.72. The predicted molar refractivity (Wildman–Crippen MR) is 63.2 cm³/mol. The van der Waals surface area contributed by atoms with Crippen LogP contribution in [0.15, 0.2) is 24.3 Å². The van der Waals surface area contributed by atoms with Gasteiger partial charge >= 0.3 is 11.9 Å². The van der Waals surface area contributed by atoms with Gasteiger partial charge in [-0.25, -0.2) is 4.79 Å². The first kappa shape index (κ1) is 13.2. The molecular formula is C13H16O4. The molecule has 0 unspecified atom stereocenters. The number of aliphatic carboxylic acids is 1. The Balaban J connectivity index is 2.41. The fourth-order valence-electron chi connectivity index (χ4n) is 1.72. The molecule has 1 rings (SSSR count). The molecule has 0 saturated heterocycles. The first-order chi connectivity index (χ1) is 8.11. The van der Waals surface area contributed by atoms with Crippen LogP contribution >= 0.6 is 0 Å². The number of hydrogen-bond acceptors (Lipinski definition) is 2. The van der Waals surface area contributed by atoms with Gasteiger partial charge in [-0.15, -0.1) is 0 Å². The molecule has 2 N–H and O–H groups in total. The number of rotatable bonds is 7. The van der Waals surface area contributed by atoms with Crippen molar-refractivity contribution >= 4 is 11.9 Å². The Morgan fingerprint density at radius 1 is 1.00 bits per heavy atom. The highest BCUT2D eigenvalue weighted by atomic mass is 16.4. The molecule has 4 nitrogen and oxygen atoms in total. The van der Waals surface area contributed by atoms with Crippen LogP contribution in [-0.2, 0) is 11.2 Å². The van der Waals surface area contributed by atoms with E-state index in [-0.39, 0.29) is 6.42 Å². The van der Waals surface area contributed by atoms with Gasteiger partial charge in [0.25, 0.3) is 0 Å². The van der Waals surface area contributed by atoms with Crippen LogP contribution in [0.4, 0.5) is 0 Å². The van der Waals surface area contributed by atoms with Crippen molar-refractivity contribution in [1.82, 2.24) is 0 Å². The van der Waals surface area contributed by atoms with E-state index in [1.807, 2.05) is 6.07 Å². The van der Waals surface area contributed by atoms with Crippen molar-refractivity contribution in [3.05, 3.63) is 35.4 Å². The summed E-state index contributed by atoms with van der Waals surface area (Å²) >= 11 is 0. The van der Waals surface area contributed by atoms with E-state index in [0.29, 0.717) is 18.4 Å². The molecule has 0 aliphatic heterocycles. The van der Waals surface area contributed by atoms with Gasteiger partial charge in [0.2, 0.25) is 0 Å². The van der Waals surface area contributed by atoms with Gasteiger partial charge in [-0.05, 0) is 30.9 Å². The smallest absolute Gasteiger partial charge is 0.335 e. The van der Waals surface area contributed by atoms with E-state index in [0.717, 1.165) is 18.4 Å². The number of aromatic carboxylic acids is 1. The molecule has 0 aromatic heterocycles. The lowest BCUT2D eigenvalue weighted by Gasteiger charge is -2.05. The quantitative estimate of drug-likeness (QED) is 0.713. The summed E-state index contributed by atoms with van der Waals surface area (Å²) in [6.07, 6.45) is 3.13. The lowest BCUT2D eigenvalue weighted by Crippen LogP contribution is -2.02. The molecule has 0 heterocycles. The average Bonchev–Trinajstić information content (AvgIpc) is 2.28. The Morgan fingerprint density at radius 2 is 1.71 bits per heavy atom. The van der Waals surface area contributed by atoms with E-state index in [1.165, 1.54) is 0 Å². The van der Waals surface area contributed by atoms with Crippen molar-refractivity contribution in [3.8, 4) is 0 Å². The molecule has 0 amide bonds. The lowest BCUT2D eigenvalue weighted by atomic mass is 10.0. The molecular weight excluding hydrogens is 220 g/mol. The number of unbranched alkanes of at least 4 members (excludes halogenated alkanes) is 2. The first-order valence-corrected chi connectivity index (χ1v) is 5.64. The number of benzene rings is 1. The zero-order chi connectivity index (χ0) is 12.7. The van der Waals surface area contributed by atoms with Gasteiger partial charge in [0.05, 0.1) is 5.56 Å². The van der Waals surface area contributed by atoms with Crippen LogP contribution in [0.5, 0.6) is 0 Å². The maximum absolute atomic E-state index is 10.9. The lowest BCUT2D eigenvalue weighted by molar-refractivity contribution is -0.137. The summed E-state index contributed by atoms with van der Waals surface area (Å²) in [6.45, 7) is 0. The molecule has 0 fully saturated rings. The van der Waals surface area contributed by atoms with Crippen molar-refractivity contribution in [3.63, 3.8) is 0 Å². The minimum absolute atomic E-state index is 0.181. The summed E-state index contributed by atoms with van der Waals surface area (Å²) in [6, 6.07) is 6.92. The van der Waals surface area contributed by atoms with Gasteiger partial charge in [-0.2, -0.15) is 0 Å². The van der Waals surface area contributed by atoms with Crippen LogP contribution in [0.2, 0.25) is 0 Å². The van der Waals surface area contributed by atoms with Crippen molar-refractivity contribution in [2.75, 3.05) is 0 Å². The minimum Gasteiger partial charge on any atom is -0.481 e. The van der Waals surface area contributed by atoms with Gasteiger partial charge in [0.1, 0.15) is 0 Å². The first-order valence-electron chi connectivity index (χ1n) is 5.64. The Morgan fingerprint density at radius 3 is 2.35 bits per heavy atom. The van der Waals surface area contributed by atoms with Gasteiger partial charge in [-0.1, -0.05) is 24.6 Å². The number of aryl methyl sites for hydroxylation is 1. The maximum atomic E-state index is 10.9. The predicted octanol–water partition coefficient (Wildman–Crippen LogP) is 2.57. The standard InChI is InChI=1S/C13H16O4/c14-12(15)9-3-1-2-6-10-7-4-5-8-11(10)13(16)17/h4-5,7-8H,1-3,6,9H2,(H,14,15)(H,16,17). The number of carbonyl (C=O) groups is 2. The van der Waals surface area contributed by atoms with Crippen LogP contribution in [0.25, 0.3) is 0 Å². The molecule has 92 valence electrons. The Kier molecular flexibility index (Phi) is 5.20. The normalized spacial score (nSPS) is 10.1. The monoisotopic (exact) mass is 236 g/mol. The van der Waals surface area contributed by atoms with Crippen molar-refractivity contribution < 1.29 is 19.8 Å². The van der Waals surface area contributed by atoms with Crippen LogP contribution in [0.3, 0.4) is 0 Å². The summed E-state index contributed by atoms with van der Waals surface area (Å²) in [5.41, 5.74) is 1.15. The van der Waals surface area contributed by atoms with E-state index in [4.69, 9.17) is 10.2 Å². The van der Waals surface area contributed by atoms with Crippen LogP contribution in [-0.4, -0.2) is 22.2 Å². The molecule has 0 saturated carbocycles. The number of carboxylic acid groups (broad SMARTS) is 2. The zero-order valence-corrected chi connectivity index (χ0v) is 9.56. The van der Waals surface area contributed by atoms with E-state index < -0.39 is 11.9 Å². The summed E-state index contributed by atoms with van der Waals surface area (Å²) in [5.74, 6) is -1.69. The summed E-state index contributed by atoms with van der Waals surface area (Å²) in [7, 11) is 0. The number of carboxylic acids is 2. The largest absolute Gasteiger partial charge is 0.481 e. The molecule has 17 heavy (non-hydrogen) atoms. The molecule has 4 heteroatoms. The highest BCUT2D eigenvalue weighted by molar-refractivity contribution is 5.89. The highest BCUT2D eigenvalue weighted by Gasteiger charge is 2.08. The fraction of sp³-hybridized carbons (Fsp3) is 0.385. The molecule has 0 bridgehead atoms. The van der Waals surface area contributed by atoms with Crippen molar-refractivity contribution in [2.45, 2.75) is 32.1 Å². The molecule has 0 radical (unpaired) electrons. The molecule has 1 aromatic rings. The van der Waals surface area contributed by atoms with E-state index >= 15 is 0 Å². The molecule has 0 aliphatic carbocycles. The molecule has 0 aliphatic rings. The van der Waals surface area contributed by atoms with Crippen LogP contribution < -0.4 is 0 Å². The topological polar surface area (TPSA) is 74.6 Å². The highest BCUT2D eigenvalue weighted by Crippen LogP contribution is 2.13. The van der Waals surface area contributed by atoms with E-state index in [9.17, 15) is 9.59 Å². The third kappa shape index (κ3) is 4.68. The second-order valence-corrected chi connectivity index (χ2v) is 3.92. The molecule has 1 aromatic carbocycles. The number of hydrogen-bond donors (Lipinski definition) is 2. The second kappa shape index (κ2) is 6.68. The van der Waals surface area contributed by atoms with Gasteiger partial charge in [0.15, 0.2) is 0 Å². The summed E-state index contributed by atoms with van der Waals surface area (Å²) in [4.78, 5) is 21.2. The SMILES string of the molecule is O=C(O)CCCCCc1ccccc1C(=O)O. The van der Waals surface area contributed by atoms with Gasteiger partial charge in [-0.3, -0.25) is 4.79 Å². The van der Waals surface area contributed by atoms with E-state index in [2.05, 4.69) is 0 Å². The Labute approximate surface area is 99.9 Å². The maximum Gasteiger partial charge on any atom is 0.335 e. The summed E-state index contributed by atoms with van der Waals surface area (Å²) < 4.78 is 0. The van der Waals surface area contributed by atoms with E-state index in [1.54, 1.807) is 18.2 Å². The zero-order valence-electron chi connectivity index (χ0n) is 9.56. The van der Waals surface area contributed by atoms with Crippen molar-refractivity contribution in [2.24, 2.45) is 0 Å². The molecule has 0 atom stereocenters. The van der Waals surface area contributed by atoms with Crippen molar-refractivity contribution in [1.29, 1.82) is 0 Å². The molecule has 0 spiro atoms. The minimum atomic E-state index is -0.911. The second-order valence-electron chi connectivity index (χ2n) is 3.92. The summed E-state index contributed by atoms with van der Waals surface area (Å²) in [5, 5.41) is 17.4. The Hall–Kier alpha value is -1.84. The van der Waals surface area contributed by atoms with Gasteiger partial charge in [0, 0.05) is 6.42 Å². The third-order valence-electron chi connectivity index (χ3n) is 2.58. The van der Waals surface area contributed by atoms with Crippen LogP contribution in [0.1, 0.15) is 41.6 Å². The van der Waals surface area contributed by atoms with Gasteiger partial charge < -0.3 is 10.2 Å². The third-order valence-corrected chi connectivity index (χ3v) is 2.58. The average molecular weight is 236 g/mol.